The molecule has 0 saturated heterocycles. The number of hydrogen-bond donors (Lipinski definition) is 2. The molecule has 0 aliphatic carbocycles. The molecule has 2 aromatic rings. The molecule has 0 fully saturated rings. The fourth-order valence-corrected chi connectivity index (χ4v) is 1.87. The molecule has 0 aliphatic heterocycles. The summed E-state index contributed by atoms with van der Waals surface area (Å²) in [6.07, 6.45) is 1.47. The number of Topliss-reactive ketones (excluding diaryl/α,β-unsaturated/α-hetero) is 1. The highest BCUT2D eigenvalue weighted by Gasteiger charge is 2.13. The number of ketones is 1. The van der Waals surface area contributed by atoms with Crippen molar-refractivity contribution in [2.75, 3.05) is 0 Å². The van der Waals surface area contributed by atoms with Gasteiger partial charge in [-0.3, -0.25) is 25.2 Å². The van der Waals surface area contributed by atoms with Gasteiger partial charge in [0.2, 0.25) is 5.91 Å². The van der Waals surface area contributed by atoms with E-state index < -0.39 is 11.8 Å². The number of rotatable bonds is 5. The van der Waals surface area contributed by atoms with Gasteiger partial charge in [0.05, 0.1) is 11.8 Å². The Morgan fingerprint density at radius 1 is 1.00 bits per heavy atom. The number of furan rings is 1. The van der Waals surface area contributed by atoms with Crippen LogP contribution < -0.4 is 10.9 Å². The van der Waals surface area contributed by atoms with Crippen LogP contribution in [-0.4, -0.2) is 17.6 Å². The van der Waals surface area contributed by atoms with E-state index >= 15 is 0 Å². The summed E-state index contributed by atoms with van der Waals surface area (Å²) in [7, 11) is 0. The molecule has 0 bridgehead atoms. The smallest absolute Gasteiger partial charge is 0.273 e. The predicted molar refractivity (Wildman–Crippen MR) is 79.1 cm³/mol. The third kappa shape index (κ3) is 4.05. The van der Waals surface area contributed by atoms with Crippen LogP contribution >= 0.6 is 0 Å². The molecule has 1 heterocycles. The molecule has 2 amide bonds. The minimum absolute atomic E-state index is 0.00161. The Labute approximate surface area is 127 Å². The van der Waals surface area contributed by atoms with Crippen molar-refractivity contribution in [2.45, 2.75) is 19.8 Å². The molecule has 1 aromatic carbocycles. The zero-order valence-electron chi connectivity index (χ0n) is 12.1. The van der Waals surface area contributed by atoms with Crippen LogP contribution in [0.25, 0.3) is 0 Å². The highest BCUT2D eigenvalue weighted by molar-refractivity contribution is 5.99. The number of amides is 2. The minimum Gasteiger partial charge on any atom is -0.469 e. The Hall–Kier alpha value is -2.89. The van der Waals surface area contributed by atoms with Gasteiger partial charge in [-0.1, -0.05) is 30.3 Å². The molecule has 2 N–H and O–H groups in total. The van der Waals surface area contributed by atoms with Crippen LogP contribution in [0.5, 0.6) is 0 Å². The maximum atomic E-state index is 11.8. The van der Waals surface area contributed by atoms with Crippen LogP contribution in [0.2, 0.25) is 0 Å². The van der Waals surface area contributed by atoms with E-state index in [4.69, 9.17) is 4.42 Å². The standard InChI is InChI=1S/C16H16N2O4/c1-11-13(9-10-22-11)16(21)18-17-15(20)8-7-14(19)12-5-3-2-4-6-12/h2-6,9-10H,7-8H2,1H3,(H,17,20)(H,18,21). The second-order valence-corrected chi connectivity index (χ2v) is 4.68. The molecule has 0 unspecified atom stereocenters. The third-order valence-electron chi connectivity index (χ3n) is 3.09. The van der Waals surface area contributed by atoms with Crippen molar-refractivity contribution in [2.24, 2.45) is 0 Å². The molecule has 6 nitrogen and oxygen atoms in total. The van der Waals surface area contributed by atoms with Crippen LogP contribution in [0.1, 0.15) is 39.3 Å². The molecule has 6 heteroatoms. The van der Waals surface area contributed by atoms with Gasteiger partial charge < -0.3 is 4.42 Å². The average Bonchev–Trinajstić information content (AvgIpc) is 2.97. The van der Waals surface area contributed by atoms with Gasteiger partial charge in [0.1, 0.15) is 5.76 Å². The van der Waals surface area contributed by atoms with E-state index in [9.17, 15) is 14.4 Å². The number of carbonyl (C=O) groups is 3. The van der Waals surface area contributed by atoms with E-state index in [1.807, 2.05) is 6.07 Å². The fourth-order valence-electron chi connectivity index (χ4n) is 1.87. The predicted octanol–water partition coefficient (Wildman–Crippen LogP) is 2.01. The van der Waals surface area contributed by atoms with Gasteiger partial charge in [0.25, 0.3) is 5.91 Å². The van der Waals surface area contributed by atoms with Gasteiger partial charge in [0.15, 0.2) is 5.78 Å². The first-order chi connectivity index (χ1) is 10.6. The molecule has 1 aromatic heterocycles. The van der Waals surface area contributed by atoms with E-state index in [2.05, 4.69) is 10.9 Å². The maximum absolute atomic E-state index is 11.8. The molecular weight excluding hydrogens is 284 g/mol. The van der Waals surface area contributed by atoms with E-state index in [1.54, 1.807) is 31.2 Å². The summed E-state index contributed by atoms with van der Waals surface area (Å²) in [5, 5.41) is 0. The van der Waals surface area contributed by atoms with Crippen LogP contribution in [0.3, 0.4) is 0 Å². The van der Waals surface area contributed by atoms with E-state index in [1.165, 1.54) is 12.3 Å². The quantitative estimate of drug-likeness (QED) is 0.653. The van der Waals surface area contributed by atoms with Crippen LogP contribution in [0, 0.1) is 6.92 Å². The van der Waals surface area contributed by atoms with Crippen LogP contribution in [0.4, 0.5) is 0 Å². The van der Waals surface area contributed by atoms with Crippen molar-refractivity contribution in [1.82, 2.24) is 10.9 Å². The van der Waals surface area contributed by atoms with Crippen molar-refractivity contribution < 1.29 is 18.8 Å². The second kappa shape index (κ2) is 7.21. The largest absolute Gasteiger partial charge is 0.469 e. The Kier molecular flexibility index (Phi) is 5.08. The highest BCUT2D eigenvalue weighted by Crippen LogP contribution is 2.08. The van der Waals surface area contributed by atoms with Gasteiger partial charge in [-0.25, -0.2) is 0 Å². The molecule has 2 rings (SSSR count). The summed E-state index contributed by atoms with van der Waals surface area (Å²) < 4.78 is 5.00. The molecular formula is C16H16N2O4. The zero-order chi connectivity index (χ0) is 15.9. The lowest BCUT2D eigenvalue weighted by molar-refractivity contribution is -0.121. The van der Waals surface area contributed by atoms with Crippen molar-refractivity contribution >= 4 is 17.6 Å². The van der Waals surface area contributed by atoms with E-state index in [0.717, 1.165) is 0 Å². The molecule has 0 aliphatic rings. The first-order valence-corrected chi connectivity index (χ1v) is 6.79. The number of hydrogen-bond acceptors (Lipinski definition) is 4. The number of carbonyl (C=O) groups excluding carboxylic acids is 3. The lowest BCUT2D eigenvalue weighted by atomic mass is 10.1. The second-order valence-electron chi connectivity index (χ2n) is 4.68. The summed E-state index contributed by atoms with van der Waals surface area (Å²) in [4.78, 5) is 35.2. The van der Waals surface area contributed by atoms with Gasteiger partial charge in [-0.05, 0) is 13.0 Å². The first-order valence-electron chi connectivity index (χ1n) is 6.79. The molecule has 0 radical (unpaired) electrons. The SMILES string of the molecule is Cc1occc1C(=O)NNC(=O)CCC(=O)c1ccccc1. The Balaban J connectivity index is 1.76. The highest BCUT2D eigenvalue weighted by atomic mass is 16.3. The Morgan fingerprint density at radius 3 is 2.36 bits per heavy atom. The van der Waals surface area contributed by atoms with E-state index in [-0.39, 0.29) is 18.6 Å². The van der Waals surface area contributed by atoms with Crippen molar-refractivity contribution in [3.05, 3.63) is 59.5 Å². The molecule has 22 heavy (non-hydrogen) atoms. The summed E-state index contributed by atoms with van der Waals surface area (Å²) in [5.41, 5.74) is 5.46. The summed E-state index contributed by atoms with van der Waals surface area (Å²) in [6.45, 7) is 1.65. The van der Waals surface area contributed by atoms with E-state index in [0.29, 0.717) is 16.9 Å². The monoisotopic (exact) mass is 300 g/mol. The fraction of sp³-hybridized carbons (Fsp3) is 0.188. The Bertz CT molecular complexity index is 676. The van der Waals surface area contributed by atoms with Gasteiger partial charge >= 0.3 is 0 Å². The lowest BCUT2D eigenvalue weighted by Gasteiger charge is -2.06. The number of hydrazine groups is 1. The molecule has 114 valence electrons. The summed E-state index contributed by atoms with van der Waals surface area (Å²) in [5.74, 6) is -0.550. The molecule has 0 spiro atoms. The topological polar surface area (TPSA) is 88.4 Å². The zero-order valence-corrected chi connectivity index (χ0v) is 12.1. The van der Waals surface area contributed by atoms with Gasteiger partial charge in [-0.2, -0.15) is 0 Å². The number of aryl methyl sites for hydroxylation is 1. The van der Waals surface area contributed by atoms with Crippen molar-refractivity contribution in [1.29, 1.82) is 0 Å². The maximum Gasteiger partial charge on any atom is 0.273 e. The van der Waals surface area contributed by atoms with Crippen molar-refractivity contribution in [3.8, 4) is 0 Å². The molecule has 0 saturated carbocycles. The Morgan fingerprint density at radius 2 is 1.73 bits per heavy atom. The first kappa shape index (κ1) is 15.5. The number of benzene rings is 1. The third-order valence-corrected chi connectivity index (χ3v) is 3.09. The average molecular weight is 300 g/mol. The van der Waals surface area contributed by atoms with Crippen molar-refractivity contribution in [3.63, 3.8) is 0 Å². The van der Waals surface area contributed by atoms with Gasteiger partial charge in [-0.15, -0.1) is 0 Å². The molecule has 0 atom stereocenters. The lowest BCUT2D eigenvalue weighted by Crippen LogP contribution is -2.41. The normalized spacial score (nSPS) is 10.0. The van der Waals surface area contributed by atoms with Gasteiger partial charge in [0, 0.05) is 18.4 Å². The van der Waals surface area contributed by atoms with Crippen LogP contribution in [0.15, 0.2) is 47.1 Å². The summed E-state index contributed by atoms with van der Waals surface area (Å²) in [6, 6.07) is 10.3. The number of nitrogens with one attached hydrogen (secondary N) is 2. The summed E-state index contributed by atoms with van der Waals surface area (Å²) >= 11 is 0. The minimum atomic E-state index is -0.464. The van der Waals surface area contributed by atoms with Crippen LogP contribution in [-0.2, 0) is 4.79 Å².